The number of benzene rings is 3. The molecular weight excluding hydrogens is 264 g/mol. The maximum atomic E-state index is 2.33. The van der Waals surface area contributed by atoms with Crippen LogP contribution in [0.25, 0.3) is 23.3 Å². The molecule has 0 heteroatoms. The molecule has 0 aromatic heterocycles. The van der Waals surface area contributed by atoms with Crippen molar-refractivity contribution in [3.05, 3.63) is 93.4 Å². The fourth-order valence-corrected chi connectivity index (χ4v) is 3.28. The van der Waals surface area contributed by atoms with Gasteiger partial charge in [-0.25, -0.2) is 0 Å². The van der Waals surface area contributed by atoms with E-state index >= 15 is 0 Å². The van der Waals surface area contributed by atoms with Crippen LogP contribution in [0.4, 0.5) is 0 Å². The van der Waals surface area contributed by atoms with E-state index in [0.29, 0.717) is 0 Å². The van der Waals surface area contributed by atoms with Crippen molar-refractivity contribution in [2.45, 2.75) is 13.8 Å². The maximum absolute atomic E-state index is 2.33. The summed E-state index contributed by atoms with van der Waals surface area (Å²) in [5.74, 6) is 0. The van der Waals surface area contributed by atoms with Gasteiger partial charge in [-0.05, 0) is 69.8 Å². The number of hydrogen-bond donors (Lipinski definition) is 0. The van der Waals surface area contributed by atoms with Crippen molar-refractivity contribution in [1.82, 2.24) is 0 Å². The Morgan fingerprint density at radius 1 is 0.500 bits per heavy atom. The zero-order valence-corrected chi connectivity index (χ0v) is 12.9. The smallest absolute Gasteiger partial charge is 0.0105 e. The summed E-state index contributed by atoms with van der Waals surface area (Å²) in [6, 6.07) is 21.8. The van der Waals surface area contributed by atoms with Crippen molar-refractivity contribution in [2.24, 2.45) is 0 Å². The topological polar surface area (TPSA) is 0 Å². The van der Waals surface area contributed by atoms with Gasteiger partial charge in [0.1, 0.15) is 0 Å². The van der Waals surface area contributed by atoms with Crippen molar-refractivity contribution in [3.8, 4) is 11.1 Å². The van der Waals surface area contributed by atoms with Gasteiger partial charge in [-0.15, -0.1) is 0 Å². The van der Waals surface area contributed by atoms with Crippen LogP contribution < -0.4 is 10.4 Å². The van der Waals surface area contributed by atoms with Gasteiger partial charge in [0, 0.05) is 0 Å². The van der Waals surface area contributed by atoms with Gasteiger partial charge in [0.2, 0.25) is 0 Å². The Labute approximate surface area is 131 Å². The number of rotatable bonds is 0. The molecule has 3 aromatic carbocycles. The molecule has 4 rings (SSSR count). The highest BCUT2D eigenvalue weighted by Crippen LogP contribution is 2.28. The molecule has 0 heterocycles. The third kappa shape index (κ3) is 2.00. The van der Waals surface area contributed by atoms with Gasteiger partial charge in [0.15, 0.2) is 0 Å². The minimum atomic E-state index is 1.29. The van der Waals surface area contributed by atoms with Gasteiger partial charge in [0.25, 0.3) is 0 Å². The van der Waals surface area contributed by atoms with E-state index in [2.05, 4.69) is 86.7 Å². The van der Waals surface area contributed by atoms with Crippen molar-refractivity contribution < 1.29 is 0 Å². The zero-order valence-electron chi connectivity index (χ0n) is 12.9. The molecule has 22 heavy (non-hydrogen) atoms. The SMILES string of the molecule is Cc1ccc(C)c2/c1=C\c1ccccc1-c1ccccc1\C=2. The molecule has 0 amide bonds. The molecule has 0 atom stereocenters. The predicted molar refractivity (Wildman–Crippen MR) is 94.2 cm³/mol. The lowest BCUT2D eigenvalue weighted by Crippen LogP contribution is -2.30. The van der Waals surface area contributed by atoms with Gasteiger partial charge in [-0.1, -0.05) is 60.7 Å². The third-order valence-electron chi connectivity index (χ3n) is 4.53. The Kier molecular flexibility index (Phi) is 2.97. The van der Waals surface area contributed by atoms with Crippen LogP contribution in [0, 0.1) is 13.8 Å². The molecule has 0 unspecified atom stereocenters. The average Bonchev–Trinajstić information content (AvgIpc) is 2.53. The van der Waals surface area contributed by atoms with E-state index in [-0.39, 0.29) is 0 Å². The molecule has 1 aliphatic carbocycles. The fraction of sp³-hybridized carbons (Fsp3) is 0.0909. The lowest BCUT2D eigenvalue weighted by atomic mass is 9.91. The Morgan fingerprint density at radius 3 is 1.36 bits per heavy atom. The van der Waals surface area contributed by atoms with E-state index < -0.39 is 0 Å². The number of fused-ring (bicyclic) bond motifs is 4. The largest absolute Gasteiger partial charge is 0.0616 e. The molecule has 0 radical (unpaired) electrons. The van der Waals surface area contributed by atoms with E-state index in [1.54, 1.807) is 0 Å². The summed E-state index contributed by atoms with van der Waals surface area (Å²) in [5.41, 5.74) is 7.84. The van der Waals surface area contributed by atoms with E-state index in [1.165, 1.54) is 43.8 Å². The van der Waals surface area contributed by atoms with Crippen molar-refractivity contribution in [3.63, 3.8) is 0 Å². The minimum Gasteiger partial charge on any atom is -0.0616 e. The van der Waals surface area contributed by atoms with Crippen LogP contribution in [0.1, 0.15) is 22.3 Å². The highest BCUT2D eigenvalue weighted by molar-refractivity contribution is 5.83. The summed E-state index contributed by atoms with van der Waals surface area (Å²) < 4.78 is 0. The van der Waals surface area contributed by atoms with Crippen LogP contribution in [0.2, 0.25) is 0 Å². The zero-order chi connectivity index (χ0) is 15.1. The minimum absolute atomic E-state index is 1.29. The summed E-state index contributed by atoms with van der Waals surface area (Å²) in [5, 5.41) is 2.67. The Bertz CT molecular complexity index is 908. The molecule has 0 bridgehead atoms. The van der Waals surface area contributed by atoms with E-state index in [9.17, 15) is 0 Å². The van der Waals surface area contributed by atoms with Crippen LogP contribution in [0.15, 0.2) is 60.7 Å². The Hall–Kier alpha value is -2.60. The van der Waals surface area contributed by atoms with E-state index in [0.717, 1.165) is 0 Å². The van der Waals surface area contributed by atoms with Gasteiger partial charge in [-0.2, -0.15) is 0 Å². The molecule has 0 aliphatic heterocycles. The lowest BCUT2D eigenvalue weighted by molar-refractivity contribution is 1.29. The summed E-state index contributed by atoms with van der Waals surface area (Å²) in [4.78, 5) is 0. The van der Waals surface area contributed by atoms with Crippen molar-refractivity contribution >= 4 is 12.2 Å². The van der Waals surface area contributed by atoms with E-state index in [4.69, 9.17) is 0 Å². The van der Waals surface area contributed by atoms with E-state index in [1.807, 2.05) is 0 Å². The van der Waals surface area contributed by atoms with Crippen LogP contribution >= 0.6 is 0 Å². The second kappa shape index (κ2) is 4.99. The highest BCUT2D eigenvalue weighted by atomic mass is 14.1. The predicted octanol–water partition coefficient (Wildman–Crippen LogP) is 3.94. The van der Waals surface area contributed by atoms with Crippen LogP contribution in [0.3, 0.4) is 0 Å². The van der Waals surface area contributed by atoms with Gasteiger partial charge >= 0.3 is 0 Å². The lowest BCUT2D eigenvalue weighted by Gasteiger charge is -2.13. The molecule has 0 fully saturated rings. The first kappa shape index (κ1) is 13.1. The summed E-state index contributed by atoms with van der Waals surface area (Å²) >= 11 is 0. The highest BCUT2D eigenvalue weighted by Gasteiger charge is 2.09. The molecule has 106 valence electrons. The molecule has 3 aromatic rings. The van der Waals surface area contributed by atoms with Gasteiger partial charge in [0.05, 0.1) is 0 Å². The van der Waals surface area contributed by atoms with Crippen molar-refractivity contribution in [2.75, 3.05) is 0 Å². The van der Waals surface area contributed by atoms with Crippen LogP contribution in [-0.4, -0.2) is 0 Å². The summed E-state index contributed by atoms with van der Waals surface area (Å²) in [7, 11) is 0. The Morgan fingerprint density at radius 2 is 0.909 bits per heavy atom. The fourth-order valence-electron chi connectivity index (χ4n) is 3.28. The molecular formula is C22H18. The van der Waals surface area contributed by atoms with Crippen LogP contribution in [0.5, 0.6) is 0 Å². The first-order valence-electron chi connectivity index (χ1n) is 7.72. The van der Waals surface area contributed by atoms with Crippen molar-refractivity contribution in [1.29, 1.82) is 0 Å². The molecule has 0 saturated carbocycles. The summed E-state index contributed by atoms with van der Waals surface area (Å²) in [6.45, 7) is 4.39. The second-order valence-corrected chi connectivity index (χ2v) is 5.99. The molecule has 0 N–H and O–H groups in total. The normalized spacial score (nSPS) is 15.0. The molecule has 0 nitrogen and oxygen atoms in total. The van der Waals surface area contributed by atoms with Crippen LogP contribution in [-0.2, 0) is 0 Å². The molecule has 1 aliphatic rings. The average molecular weight is 282 g/mol. The molecule has 0 spiro atoms. The quantitative estimate of drug-likeness (QED) is 0.458. The Balaban J connectivity index is 2.27. The monoisotopic (exact) mass is 282 g/mol. The first-order valence-corrected chi connectivity index (χ1v) is 7.72. The third-order valence-corrected chi connectivity index (χ3v) is 4.53. The maximum Gasteiger partial charge on any atom is -0.0105 e. The number of aryl methyl sites for hydroxylation is 2. The first-order chi connectivity index (χ1) is 10.7. The van der Waals surface area contributed by atoms with Gasteiger partial charge in [-0.3, -0.25) is 0 Å². The summed E-state index contributed by atoms with van der Waals surface area (Å²) in [6.07, 6.45) is 4.67. The molecule has 0 saturated heterocycles. The van der Waals surface area contributed by atoms with Gasteiger partial charge < -0.3 is 0 Å². The second-order valence-electron chi connectivity index (χ2n) is 5.99. The standard InChI is InChI=1S/C22H18/c1-15-11-12-16(2)22-14-18-8-4-6-10-20(18)19-9-5-3-7-17(19)13-21(15)22/h3-14H,1-2H3/b17-13?,18-14?,20-19?,21-13-,22-14-. The number of hydrogen-bond acceptors (Lipinski definition) is 0.